The van der Waals surface area contributed by atoms with Crippen molar-refractivity contribution in [3.63, 3.8) is 0 Å². The van der Waals surface area contributed by atoms with Crippen molar-refractivity contribution in [3.05, 3.63) is 0 Å². The van der Waals surface area contributed by atoms with E-state index in [-0.39, 0.29) is 11.4 Å². The summed E-state index contributed by atoms with van der Waals surface area (Å²) >= 11 is 0. The number of hydrogen-bond acceptors (Lipinski definition) is 2. The molecule has 1 amide bonds. The molecule has 0 aromatic heterocycles. The summed E-state index contributed by atoms with van der Waals surface area (Å²) in [6.07, 6.45) is 3.75. The van der Waals surface area contributed by atoms with Crippen molar-refractivity contribution in [3.8, 4) is 0 Å². The maximum absolute atomic E-state index is 11.4. The first-order valence-corrected chi connectivity index (χ1v) is 5.01. The Morgan fingerprint density at radius 2 is 2.08 bits per heavy atom. The Labute approximate surface area is 80.1 Å². The Bertz CT molecular complexity index is 195. The molecule has 0 bridgehead atoms. The van der Waals surface area contributed by atoms with Crippen LogP contribution in [-0.2, 0) is 4.79 Å². The fourth-order valence-corrected chi connectivity index (χ4v) is 1.66. The minimum atomic E-state index is -0.403. The van der Waals surface area contributed by atoms with Crippen molar-refractivity contribution in [2.45, 2.75) is 51.6 Å². The van der Waals surface area contributed by atoms with Gasteiger partial charge < -0.3 is 11.1 Å². The zero-order chi connectivity index (χ0) is 10.1. The zero-order valence-electron chi connectivity index (χ0n) is 8.76. The summed E-state index contributed by atoms with van der Waals surface area (Å²) in [5.41, 5.74) is 5.41. The second-order valence-electron chi connectivity index (χ2n) is 4.63. The molecule has 0 unspecified atom stereocenters. The summed E-state index contributed by atoms with van der Waals surface area (Å²) in [5, 5.41) is 2.99. The molecule has 1 rings (SSSR count). The third kappa shape index (κ3) is 2.44. The van der Waals surface area contributed by atoms with Crippen LogP contribution in [0.25, 0.3) is 0 Å². The molecule has 0 aromatic rings. The molecule has 1 aliphatic carbocycles. The topological polar surface area (TPSA) is 55.1 Å². The van der Waals surface area contributed by atoms with E-state index in [9.17, 15) is 4.79 Å². The van der Waals surface area contributed by atoms with E-state index >= 15 is 0 Å². The number of amides is 1. The van der Waals surface area contributed by atoms with E-state index in [1.54, 1.807) is 6.92 Å². The molecule has 1 fully saturated rings. The van der Waals surface area contributed by atoms with E-state index in [1.807, 2.05) is 0 Å². The van der Waals surface area contributed by atoms with E-state index in [0.29, 0.717) is 5.92 Å². The number of rotatable bonds is 3. The first-order chi connectivity index (χ1) is 5.93. The van der Waals surface area contributed by atoms with Crippen LogP contribution in [0.2, 0.25) is 0 Å². The van der Waals surface area contributed by atoms with Crippen LogP contribution in [0.4, 0.5) is 0 Å². The molecule has 0 heterocycles. The van der Waals surface area contributed by atoms with Gasteiger partial charge in [-0.2, -0.15) is 0 Å². The van der Waals surface area contributed by atoms with Gasteiger partial charge in [0.15, 0.2) is 0 Å². The Hall–Kier alpha value is -0.570. The van der Waals surface area contributed by atoms with Gasteiger partial charge in [-0.05, 0) is 39.5 Å². The van der Waals surface area contributed by atoms with Crippen molar-refractivity contribution in [1.29, 1.82) is 0 Å². The maximum Gasteiger partial charge on any atom is 0.237 e. The lowest BCUT2D eigenvalue weighted by atomic mass is 9.72. The Morgan fingerprint density at radius 1 is 1.54 bits per heavy atom. The Kier molecular flexibility index (Phi) is 2.96. The standard InChI is InChI=1S/C10H20N2O/c1-7(11)9(13)12-10(2,3)8-5-4-6-8/h7-8H,4-6,11H2,1-3H3,(H,12,13)/t7-/m1/s1. The van der Waals surface area contributed by atoms with Gasteiger partial charge in [-0.1, -0.05) is 6.42 Å². The molecule has 13 heavy (non-hydrogen) atoms. The van der Waals surface area contributed by atoms with Gasteiger partial charge in [0.2, 0.25) is 5.91 Å². The highest BCUT2D eigenvalue weighted by molar-refractivity contribution is 5.81. The summed E-state index contributed by atoms with van der Waals surface area (Å²) in [6, 6.07) is -0.403. The maximum atomic E-state index is 11.4. The van der Waals surface area contributed by atoms with Crippen molar-refractivity contribution in [2.24, 2.45) is 11.7 Å². The molecular formula is C10H20N2O. The number of hydrogen-bond donors (Lipinski definition) is 2. The molecule has 0 radical (unpaired) electrons. The van der Waals surface area contributed by atoms with Gasteiger partial charge in [-0.3, -0.25) is 4.79 Å². The van der Waals surface area contributed by atoms with Crippen LogP contribution in [0.1, 0.15) is 40.0 Å². The molecule has 1 atom stereocenters. The molecule has 1 saturated carbocycles. The average Bonchev–Trinajstić information content (AvgIpc) is 1.79. The molecule has 0 aliphatic heterocycles. The van der Waals surface area contributed by atoms with Gasteiger partial charge in [0, 0.05) is 5.54 Å². The Morgan fingerprint density at radius 3 is 2.38 bits per heavy atom. The van der Waals surface area contributed by atoms with Gasteiger partial charge >= 0.3 is 0 Å². The summed E-state index contributed by atoms with van der Waals surface area (Å²) in [4.78, 5) is 11.4. The monoisotopic (exact) mass is 184 g/mol. The number of nitrogens with two attached hydrogens (primary N) is 1. The van der Waals surface area contributed by atoms with Crippen molar-refractivity contribution in [2.75, 3.05) is 0 Å². The zero-order valence-corrected chi connectivity index (χ0v) is 8.76. The van der Waals surface area contributed by atoms with Crippen LogP contribution in [0, 0.1) is 5.92 Å². The highest BCUT2D eigenvalue weighted by atomic mass is 16.2. The minimum Gasteiger partial charge on any atom is -0.350 e. The molecule has 76 valence electrons. The van der Waals surface area contributed by atoms with Gasteiger partial charge in [-0.25, -0.2) is 0 Å². The quantitative estimate of drug-likeness (QED) is 0.688. The molecular weight excluding hydrogens is 164 g/mol. The fraction of sp³-hybridized carbons (Fsp3) is 0.900. The summed E-state index contributed by atoms with van der Waals surface area (Å²) in [6.45, 7) is 5.88. The van der Waals surface area contributed by atoms with Crippen LogP contribution in [0.15, 0.2) is 0 Å². The van der Waals surface area contributed by atoms with E-state index < -0.39 is 6.04 Å². The highest BCUT2D eigenvalue weighted by Gasteiger charge is 2.35. The van der Waals surface area contributed by atoms with Gasteiger partial charge in [0.05, 0.1) is 6.04 Å². The smallest absolute Gasteiger partial charge is 0.237 e. The van der Waals surface area contributed by atoms with E-state index in [1.165, 1.54) is 19.3 Å². The predicted octanol–water partition coefficient (Wildman–Crippen LogP) is 1.03. The van der Waals surface area contributed by atoms with Crippen molar-refractivity contribution >= 4 is 5.91 Å². The second kappa shape index (κ2) is 3.66. The van der Waals surface area contributed by atoms with Crippen LogP contribution >= 0.6 is 0 Å². The van der Waals surface area contributed by atoms with Crippen molar-refractivity contribution in [1.82, 2.24) is 5.32 Å². The molecule has 0 aromatic carbocycles. The van der Waals surface area contributed by atoms with E-state index in [4.69, 9.17) is 5.73 Å². The minimum absolute atomic E-state index is 0.0445. The summed E-state index contributed by atoms with van der Waals surface area (Å²) in [7, 11) is 0. The Balaban J connectivity index is 2.45. The molecule has 3 heteroatoms. The largest absolute Gasteiger partial charge is 0.350 e. The van der Waals surface area contributed by atoms with E-state index in [2.05, 4.69) is 19.2 Å². The van der Waals surface area contributed by atoms with Crippen LogP contribution in [0.5, 0.6) is 0 Å². The van der Waals surface area contributed by atoms with Crippen molar-refractivity contribution < 1.29 is 4.79 Å². The molecule has 1 aliphatic rings. The lowest BCUT2D eigenvalue weighted by molar-refractivity contribution is -0.124. The van der Waals surface area contributed by atoms with Gasteiger partial charge in [-0.15, -0.1) is 0 Å². The first kappa shape index (κ1) is 10.5. The average molecular weight is 184 g/mol. The molecule has 3 nitrogen and oxygen atoms in total. The molecule has 0 saturated heterocycles. The predicted molar refractivity (Wildman–Crippen MR) is 53.2 cm³/mol. The van der Waals surface area contributed by atoms with Crippen LogP contribution in [-0.4, -0.2) is 17.5 Å². The third-order valence-electron chi connectivity index (χ3n) is 2.98. The summed E-state index contributed by atoms with van der Waals surface area (Å²) in [5.74, 6) is 0.590. The van der Waals surface area contributed by atoms with Gasteiger partial charge in [0.25, 0.3) is 0 Å². The van der Waals surface area contributed by atoms with Gasteiger partial charge in [0.1, 0.15) is 0 Å². The highest BCUT2D eigenvalue weighted by Crippen LogP contribution is 2.35. The lowest BCUT2D eigenvalue weighted by Crippen LogP contribution is -2.54. The van der Waals surface area contributed by atoms with E-state index in [0.717, 1.165) is 0 Å². The SMILES string of the molecule is C[C@@H](N)C(=O)NC(C)(C)C1CCC1. The third-order valence-corrected chi connectivity index (χ3v) is 2.98. The number of carbonyl (C=O) groups excluding carboxylic acids is 1. The fourth-order valence-electron chi connectivity index (χ4n) is 1.66. The first-order valence-electron chi connectivity index (χ1n) is 5.01. The molecule has 3 N–H and O–H groups in total. The lowest BCUT2D eigenvalue weighted by Gasteiger charge is -2.41. The number of nitrogens with one attached hydrogen (secondary N) is 1. The normalized spacial score (nSPS) is 20.6. The van der Waals surface area contributed by atoms with Crippen LogP contribution < -0.4 is 11.1 Å². The number of carbonyl (C=O) groups is 1. The summed E-state index contributed by atoms with van der Waals surface area (Å²) < 4.78 is 0. The second-order valence-corrected chi connectivity index (χ2v) is 4.63. The van der Waals surface area contributed by atoms with Crippen LogP contribution in [0.3, 0.4) is 0 Å². The molecule has 0 spiro atoms.